The first-order valence-corrected chi connectivity index (χ1v) is 9.94. The molecule has 1 N–H and O–H groups in total. The maximum absolute atomic E-state index is 12.8. The van der Waals surface area contributed by atoms with Crippen molar-refractivity contribution in [2.45, 2.75) is 13.8 Å². The molecule has 7 nitrogen and oxygen atoms in total. The fraction of sp³-hybridized carbons (Fsp3) is 0.261. The van der Waals surface area contributed by atoms with Crippen LogP contribution in [0, 0.1) is 13.8 Å². The molecule has 154 valence electrons. The Morgan fingerprint density at radius 2 is 1.73 bits per heavy atom. The van der Waals surface area contributed by atoms with Crippen LogP contribution in [0.15, 0.2) is 59.2 Å². The Bertz CT molecular complexity index is 1050. The molecule has 0 atom stereocenters. The maximum atomic E-state index is 12.8. The molecule has 1 saturated heterocycles. The number of nitrogens with one attached hydrogen (secondary N) is 1. The maximum Gasteiger partial charge on any atom is 0.302 e. The Morgan fingerprint density at radius 1 is 1.00 bits per heavy atom. The zero-order valence-corrected chi connectivity index (χ0v) is 17.1. The van der Waals surface area contributed by atoms with Crippen LogP contribution in [0.2, 0.25) is 0 Å². The molecular weight excluding hydrogens is 380 g/mol. The molecule has 1 aliphatic rings. The highest BCUT2D eigenvalue weighted by atomic mass is 16.4. The second-order valence-corrected chi connectivity index (χ2v) is 7.43. The van der Waals surface area contributed by atoms with Crippen LogP contribution >= 0.6 is 0 Å². The highest BCUT2D eigenvalue weighted by Crippen LogP contribution is 2.23. The van der Waals surface area contributed by atoms with Crippen molar-refractivity contribution < 1.29 is 14.0 Å². The summed E-state index contributed by atoms with van der Waals surface area (Å²) < 4.78 is 5.29. The van der Waals surface area contributed by atoms with E-state index in [-0.39, 0.29) is 23.5 Å². The molecular formula is C23H24N4O3. The van der Waals surface area contributed by atoms with Gasteiger partial charge in [-0.1, -0.05) is 30.3 Å². The molecule has 2 aromatic carbocycles. The van der Waals surface area contributed by atoms with E-state index < -0.39 is 0 Å². The molecule has 0 unspecified atom stereocenters. The van der Waals surface area contributed by atoms with Crippen molar-refractivity contribution >= 4 is 23.5 Å². The van der Waals surface area contributed by atoms with Crippen molar-refractivity contribution in [2.24, 2.45) is 0 Å². The Kier molecular flexibility index (Phi) is 5.52. The van der Waals surface area contributed by atoms with Gasteiger partial charge in [-0.05, 0) is 43.2 Å². The number of amides is 2. The van der Waals surface area contributed by atoms with Crippen molar-refractivity contribution in [1.82, 2.24) is 9.88 Å². The summed E-state index contributed by atoms with van der Waals surface area (Å²) in [5.41, 5.74) is 4.36. The lowest BCUT2D eigenvalue weighted by Gasteiger charge is -2.36. The molecule has 1 aromatic heterocycles. The van der Waals surface area contributed by atoms with Gasteiger partial charge in [0.2, 0.25) is 0 Å². The first kappa shape index (κ1) is 19.7. The number of anilines is 2. The van der Waals surface area contributed by atoms with Gasteiger partial charge in [0.1, 0.15) is 6.26 Å². The van der Waals surface area contributed by atoms with Crippen LogP contribution in [0.3, 0.4) is 0 Å². The summed E-state index contributed by atoms with van der Waals surface area (Å²) >= 11 is 0. The Morgan fingerprint density at radius 3 is 2.47 bits per heavy atom. The standard InChI is InChI=1S/C23H24N4O3/c1-16-8-9-17(2)20(14-16)26-10-12-27(13-11-26)22(29)19-15-30-23(24-19)25-21(28)18-6-4-3-5-7-18/h3-9,14-15H,10-13H2,1-2H3,(H,24,25,28). The number of carbonyl (C=O) groups excluding carboxylic acids is 2. The van der Waals surface area contributed by atoms with Gasteiger partial charge in [-0.2, -0.15) is 4.98 Å². The highest BCUT2D eigenvalue weighted by Gasteiger charge is 2.25. The van der Waals surface area contributed by atoms with Gasteiger partial charge in [0.25, 0.3) is 11.8 Å². The Balaban J connectivity index is 1.37. The van der Waals surface area contributed by atoms with E-state index in [1.54, 1.807) is 29.2 Å². The van der Waals surface area contributed by atoms with Crippen molar-refractivity contribution in [1.29, 1.82) is 0 Å². The van der Waals surface area contributed by atoms with Gasteiger partial charge >= 0.3 is 6.01 Å². The minimum atomic E-state index is -0.335. The lowest BCUT2D eigenvalue weighted by atomic mass is 10.1. The third-order valence-corrected chi connectivity index (χ3v) is 5.25. The van der Waals surface area contributed by atoms with Crippen LogP contribution in [0.4, 0.5) is 11.7 Å². The van der Waals surface area contributed by atoms with Crippen LogP contribution in [-0.2, 0) is 0 Å². The van der Waals surface area contributed by atoms with Crippen LogP contribution in [0.25, 0.3) is 0 Å². The van der Waals surface area contributed by atoms with E-state index in [0.29, 0.717) is 18.7 Å². The van der Waals surface area contributed by atoms with E-state index in [0.717, 1.165) is 13.1 Å². The van der Waals surface area contributed by atoms with Gasteiger partial charge in [0.15, 0.2) is 5.69 Å². The molecule has 7 heteroatoms. The van der Waals surface area contributed by atoms with Gasteiger partial charge in [-0.3, -0.25) is 14.9 Å². The molecule has 0 spiro atoms. The topological polar surface area (TPSA) is 78.7 Å². The number of piperazine rings is 1. The van der Waals surface area contributed by atoms with Crippen molar-refractivity contribution in [2.75, 3.05) is 36.4 Å². The number of rotatable bonds is 4. The minimum Gasteiger partial charge on any atom is -0.431 e. The molecule has 30 heavy (non-hydrogen) atoms. The number of benzene rings is 2. The number of hydrogen-bond acceptors (Lipinski definition) is 5. The predicted octanol–water partition coefficient (Wildman–Crippen LogP) is 3.51. The Labute approximate surface area is 175 Å². The van der Waals surface area contributed by atoms with Crippen LogP contribution in [0.5, 0.6) is 0 Å². The molecule has 0 aliphatic carbocycles. The van der Waals surface area contributed by atoms with Gasteiger partial charge in [-0.15, -0.1) is 0 Å². The molecule has 1 fully saturated rings. The predicted molar refractivity (Wildman–Crippen MR) is 115 cm³/mol. The molecule has 0 radical (unpaired) electrons. The smallest absolute Gasteiger partial charge is 0.302 e. The van der Waals surface area contributed by atoms with E-state index >= 15 is 0 Å². The lowest BCUT2D eigenvalue weighted by Crippen LogP contribution is -2.49. The van der Waals surface area contributed by atoms with Gasteiger partial charge in [0.05, 0.1) is 0 Å². The van der Waals surface area contributed by atoms with Crippen molar-refractivity contribution in [3.63, 3.8) is 0 Å². The van der Waals surface area contributed by atoms with E-state index in [1.165, 1.54) is 23.1 Å². The zero-order valence-electron chi connectivity index (χ0n) is 17.1. The van der Waals surface area contributed by atoms with E-state index in [1.807, 2.05) is 6.07 Å². The largest absolute Gasteiger partial charge is 0.431 e. The molecule has 3 aromatic rings. The number of aryl methyl sites for hydroxylation is 2. The van der Waals surface area contributed by atoms with Crippen LogP contribution in [-0.4, -0.2) is 47.9 Å². The first-order valence-electron chi connectivity index (χ1n) is 9.94. The number of aromatic nitrogens is 1. The fourth-order valence-corrected chi connectivity index (χ4v) is 3.56. The number of hydrogen-bond donors (Lipinski definition) is 1. The molecule has 0 saturated carbocycles. The van der Waals surface area contributed by atoms with Crippen molar-refractivity contribution in [3.05, 3.63) is 77.2 Å². The number of carbonyl (C=O) groups is 2. The third-order valence-electron chi connectivity index (χ3n) is 5.25. The average Bonchev–Trinajstić information content (AvgIpc) is 3.24. The molecule has 2 amide bonds. The highest BCUT2D eigenvalue weighted by molar-refractivity contribution is 6.03. The normalized spacial score (nSPS) is 13.9. The van der Waals surface area contributed by atoms with E-state index in [4.69, 9.17) is 4.42 Å². The van der Waals surface area contributed by atoms with Gasteiger partial charge in [0, 0.05) is 37.4 Å². The Hall–Kier alpha value is -3.61. The van der Waals surface area contributed by atoms with Crippen LogP contribution in [0.1, 0.15) is 32.0 Å². The number of oxazole rings is 1. The molecule has 1 aliphatic heterocycles. The third kappa shape index (κ3) is 4.20. The SMILES string of the molecule is Cc1ccc(C)c(N2CCN(C(=O)c3coc(NC(=O)c4ccccc4)n3)CC2)c1. The summed E-state index contributed by atoms with van der Waals surface area (Å²) in [4.78, 5) is 33.2. The van der Waals surface area contributed by atoms with Crippen molar-refractivity contribution in [3.8, 4) is 0 Å². The van der Waals surface area contributed by atoms with E-state index in [9.17, 15) is 9.59 Å². The minimum absolute atomic E-state index is 0.0150. The molecule has 0 bridgehead atoms. The second kappa shape index (κ2) is 8.41. The second-order valence-electron chi connectivity index (χ2n) is 7.43. The zero-order chi connectivity index (χ0) is 21.1. The summed E-state index contributed by atoms with van der Waals surface area (Å²) in [6.45, 7) is 6.90. The average molecular weight is 404 g/mol. The van der Waals surface area contributed by atoms with E-state index in [2.05, 4.69) is 47.2 Å². The first-order chi connectivity index (χ1) is 14.5. The van der Waals surface area contributed by atoms with Gasteiger partial charge in [-0.25, -0.2) is 0 Å². The summed E-state index contributed by atoms with van der Waals surface area (Å²) in [6, 6.07) is 15.2. The monoisotopic (exact) mass is 404 g/mol. The summed E-state index contributed by atoms with van der Waals surface area (Å²) in [5, 5.41) is 2.58. The fourth-order valence-electron chi connectivity index (χ4n) is 3.56. The van der Waals surface area contributed by atoms with Crippen LogP contribution < -0.4 is 10.2 Å². The molecule has 4 rings (SSSR count). The summed E-state index contributed by atoms with van der Waals surface area (Å²) in [6.07, 6.45) is 1.29. The quantitative estimate of drug-likeness (QED) is 0.720. The summed E-state index contributed by atoms with van der Waals surface area (Å²) in [5.74, 6) is -0.529. The lowest BCUT2D eigenvalue weighted by molar-refractivity contribution is 0.0740. The summed E-state index contributed by atoms with van der Waals surface area (Å²) in [7, 11) is 0. The number of nitrogens with zero attached hydrogens (tertiary/aromatic N) is 3. The van der Waals surface area contributed by atoms with Gasteiger partial charge < -0.3 is 14.2 Å². The molecule has 2 heterocycles.